The Morgan fingerprint density at radius 3 is 2.68 bits per heavy atom. The summed E-state index contributed by atoms with van der Waals surface area (Å²) in [5, 5.41) is 18.2. The predicted molar refractivity (Wildman–Crippen MR) is 79.0 cm³/mol. The molecule has 0 unspecified atom stereocenters. The summed E-state index contributed by atoms with van der Waals surface area (Å²) in [5.41, 5.74) is 8.27. The number of hydrogen-bond donors (Lipinski definition) is 1. The summed E-state index contributed by atoms with van der Waals surface area (Å²) < 4.78 is 5.35. The van der Waals surface area contributed by atoms with E-state index in [1.807, 2.05) is 12.1 Å². The van der Waals surface area contributed by atoms with E-state index in [2.05, 4.69) is 9.97 Å². The van der Waals surface area contributed by atoms with Crippen molar-refractivity contribution in [3.05, 3.63) is 54.0 Å². The SMILES string of the molecule is N#Cc1cncc(-c2cc(-c3ccco3)c(C#N)c(N)n2)c1. The van der Waals surface area contributed by atoms with Crippen molar-refractivity contribution in [1.29, 1.82) is 10.5 Å². The van der Waals surface area contributed by atoms with Gasteiger partial charge in [0.2, 0.25) is 0 Å². The maximum Gasteiger partial charge on any atom is 0.142 e. The second-order valence-electron chi connectivity index (χ2n) is 4.48. The van der Waals surface area contributed by atoms with Gasteiger partial charge in [0.15, 0.2) is 0 Å². The third-order valence-electron chi connectivity index (χ3n) is 3.11. The smallest absolute Gasteiger partial charge is 0.142 e. The van der Waals surface area contributed by atoms with Crippen LogP contribution in [0.15, 0.2) is 47.3 Å². The summed E-state index contributed by atoms with van der Waals surface area (Å²) >= 11 is 0. The molecule has 0 atom stereocenters. The number of nitrogens with zero attached hydrogens (tertiary/aromatic N) is 4. The van der Waals surface area contributed by atoms with Gasteiger partial charge in [0, 0.05) is 23.5 Å². The highest BCUT2D eigenvalue weighted by Crippen LogP contribution is 2.31. The Hall–Kier alpha value is -3.64. The van der Waals surface area contributed by atoms with Crippen LogP contribution in [0.5, 0.6) is 0 Å². The zero-order chi connectivity index (χ0) is 15.5. The van der Waals surface area contributed by atoms with E-state index < -0.39 is 0 Å². The van der Waals surface area contributed by atoms with Crippen LogP contribution < -0.4 is 5.73 Å². The summed E-state index contributed by atoms with van der Waals surface area (Å²) in [6.07, 6.45) is 4.56. The minimum atomic E-state index is 0.105. The van der Waals surface area contributed by atoms with Crippen molar-refractivity contribution in [2.24, 2.45) is 0 Å². The van der Waals surface area contributed by atoms with Crippen LogP contribution in [-0.2, 0) is 0 Å². The quantitative estimate of drug-likeness (QED) is 0.775. The first-order chi connectivity index (χ1) is 10.7. The summed E-state index contributed by atoms with van der Waals surface area (Å²) in [4.78, 5) is 8.23. The summed E-state index contributed by atoms with van der Waals surface area (Å²) in [6.45, 7) is 0. The van der Waals surface area contributed by atoms with E-state index in [1.54, 1.807) is 30.5 Å². The van der Waals surface area contributed by atoms with Crippen molar-refractivity contribution < 1.29 is 4.42 Å². The zero-order valence-corrected chi connectivity index (χ0v) is 11.3. The van der Waals surface area contributed by atoms with Crippen LogP contribution in [0.4, 0.5) is 5.82 Å². The number of anilines is 1. The Labute approximate surface area is 126 Å². The lowest BCUT2D eigenvalue weighted by Crippen LogP contribution is -1.99. The Morgan fingerprint density at radius 2 is 2.00 bits per heavy atom. The van der Waals surface area contributed by atoms with Crippen molar-refractivity contribution >= 4 is 5.82 Å². The zero-order valence-electron chi connectivity index (χ0n) is 11.3. The second-order valence-corrected chi connectivity index (χ2v) is 4.48. The van der Waals surface area contributed by atoms with Crippen molar-refractivity contribution in [3.63, 3.8) is 0 Å². The molecule has 2 N–H and O–H groups in total. The molecule has 104 valence electrons. The number of pyridine rings is 2. The Kier molecular flexibility index (Phi) is 3.27. The number of nitrogen functional groups attached to an aromatic ring is 1. The lowest BCUT2D eigenvalue weighted by Gasteiger charge is -2.08. The molecule has 0 amide bonds. The van der Waals surface area contributed by atoms with Crippen LogP contribution in [0, 0.1) is 22.7 Å². The van der Waals surface area contributed by atoms with Crippen molar-refractivity contribution in [3.8, 4) is 34.7 Å². The third-order valence-corrected chi connectivity index (χ3v) is 3.11. The van der Waals surface area contributed by atoms with E-state index in [4.69, 9.17) is 15.4 Å². The fourth-order valence-corrected chi connectivity index (χ4v) is 2.10. The fourth-order valence-electron chi connectivity index (χ4n) is 2.10. The minimum absolute atomic E-state index is 0.105. The van der Waals surface area contributed by atoms with Crippen LogP contribution in [0.2, 0.25) is 0 Å². The highest BCUT2D eigenvalue weighted by atomic mass is 16.3. The molecular formula is C16H9N5O. The lowest BCUT2D eigenvalue weighted by molar-refractivity contribution is 0.582. The fraction of sp³-hybridized carbons (Fsp3) is 0. The first-order valence-corrected chi connectivity index (χ1v) is 6.33. The average Bonchev–Trinajstić information content (AvgIpc) is 3.08. The van der Waals surface area contributed by atoms with Gasteiger partial charge in [-0.3, -0.25) is 4.98 Å². The molecule has 0 bridgehead atoms. The number of hydrogen-bond acceptors (Lipinski definition) is 6. The molecule has 3 aromatic rings. The monoisotopic (exact) mass is 287 g/mol. The molecule has 6 nitrogen and oxygen atoms in total. The van der Waals surface area contributed by atoms with E-state index in [0.29, 0.717) is 28.1 Å². The number of aromatic nitrogens is 2. The van der Waals surface area contributed by atoms with Crippen LogP contribution in [0.25, 0.3) is 22.6 Å². The molecular weight excluding hydrogens is 278 g/mol. The Bertz CT molecular complexity index is 917. The second kappa shape index (κ2) is 5.39. The van der Waals surface area contributed by atoms with E-state index >= 15 is 0 Å². The molecule has 6 heteroatoms. The molecule has 0 radical (unpaired) electrons. The molecule has 0 saturated carbocycles. The molecule has 3 rings (SSSR count). The topological polar surface area (TPSA) is 113 Å². The maximum absolute atomic E-state index is 9.27. The molecule has 0 aliphatic carbocycles. The number of rotatable bonds is 2. The van der Waals surface area contributed by atoms with Crippen LogP contribution in [-0.4, -0.2) is 9.97 Å². The van der Waals surface area contributed by atoms with Gasteiger partial charge in [0.25, 0.3) is 0 Å². The van der Waals surface area contributed by atoms with Crippen molar-refractivity contribution in [2.75, 3.05) is 5.73 Å². The molecule has 0 spiro atoms. The molecule has 0 saturated heterocycles. The first-order valence-electron chi connectivity index (χ1n) is 6.33. The number of furan rings is 1. The van der Waals surface area contributed by atoms with Crippen LogP contribution >= 0.6 is 0 Å². The lowest BCUT2D eigenvalue weighted by atomic mass is 10.0. The normalized spacial score (nSPS) is 9.91. The number of nitriles is 2. The molecule has 0 fully saturated rings. The van der Waals surface area contributed by atoms with E-state index in [-0.39, 0.29) is 11.4 Å². The highest BCUT2D eigenvalue weighted by Gasteiger charge is 2.15. The molecule has 3 heterocycles. The molecule has 0 aliphatic heterocycles. The molecule has 3 aromatic heterocycles. The Balaban J connectivity index is 2.23. The van der Waals surface area contributed by atoms with Gasteiger partial charge in [-0.25, -0.2) is 4.98 Å². The minimum Gasteiger partial charge on any atom is -0.464 e. The standard InChI is InChI=1S/C16H9N5O/c17-6-10-4-11(9-20-8-10)14-5-12(15-2-1-3-22-15)13(7-18)16(19)21-14/h1-5,8-9H,(H2,19,21). The van der Waals surface area contributed by atoms with E-state index in [1.165, 1.54) is 12.5 Å². The third kappa shape index (κ3) is 2.26. The van der Waals surface area contributed by atoms with Gasteiger partial charge in [-0.1, -0.05) is 0 Å². The predicted octanol–water partition coefficient (Wildman–Crippen LogP) is 2.73. The Morgan fingerprint density at radius 1 is 1.14 bits per heavy atom. The van der Waals surface area contributed by atoms with Gasteiger partial charge in [-0.15, -0.1) is 0 Å². The summed E-state index contributed by atoms with van der Waals surface area (Å²) in [7, 11) is 0. The van der Waals surface area contributed by atoms with E-state index in [0.717, 1.165) is 0 Å². The highest BCUT2D eigenvalue weighted by molar-refractivity contribution is 5.77. The van der Waals surface area contributed by atoms with Gasteiger partial charge >= 0.3 is 0 Å². The number of nitrogens with two attached hydrogens (primary N) is 1. The van der Waals surface area contributed by atoms with Gasteiger partial charge in [-0.05, 0) is 24.3 Å². The summed E-state index contributed by atoms with van der Waals surface area (Å²) in [6, 6.07) is 10.9. The van der Waals surface area contributed by atoms with Gasteiger partial charge in [0.1, 0.15) is 29.3 Å². The maximum atomic E-state index is 9.27. The molecule has 0 aromatic carbocycles. The molecule has 0 aliphatic rings. The van der Waals surface area contributed by atoms with Gasteiger partial charge < -0.3 is 10.2 Å². The van der Waals surface area contributed by atoms with Crippen LogP contribution in [0.3, 0.4) is 0 Å². The first kappa shape index (κ1) is 13.3. The summed E-state index contributed by atoms with van der Waals surface area (Å²) in [5.74, 6) is 0.630. The van der Waals surface area contributed by atoms with Crippen molar-refractivity contribution in [1.82, 2.24) is 9.97 Å². The molecule has 22 heavy (non-hydrogen) atoms. The van der Waals surface area contributed by atoms with Crippen molar-refractivity contribution in [2.45, 2.75) is 0 Å². The average molecular weight is 287 g/mol. The van der Waals surface area contributed by atoms with Gasteiger partial charge in [-0.2, -0.15) is 10.5 Å². The van der Waals surface area contributed by atoms with Gasteiger partial charge in [0.05, 0.1) is 17.5 Å². The van der Waals surface area contributed by atoms with Crippen LogP contribution in [0.1, 0.15) is 11.1 Å². The largest absolute Gasteiger partial charge is 0.464 e. The van der Waals surface area contributed by atoms with E-state index in [9.17, 15) is 5.26 Å².